The average Bonchev–Trinajstić information content (AvgIpc) is 2.35. The van der Waals surface area contributed by atoms with E-state index in [1.165, 1.54) is 0 Å². The monoisotopic (exact) mass is 332 g/mol. The van der Waals surface area contributed by atoms with Gasteiger partial charge in [-0.1, -0.05) is 27.5 Å². The van der Waals surface area contributed by atoms with Crippen molar-refractivity contribution in [2.24, 2.45) is 5.84 Å². The Balaban J connectivity index is 2.33. The van der Waals surface area contributed by atoms with Gasteiger partial charge in [-0.2, -0.15) is 9.37 Å². The van der Waals surface area contributed by atoms with Crippen molar-refractivity contribution >= 4 is 33.5 Å². The smallest absolute Gasteiger partial charge is 0.260 e. The number of hydrogen-bond acceptors (Lipinski definition) is 5. The number of nitrogens with two attached hydrogens (primary N) is 1. The van der Waals surface area contributed by atoms with Crippen LogP contribution in [0.5, 0.6) is 11.6 Å². The molecule has 1 aromatic heterocycles. The second-order valence-corrected chi connectivity index (χ2v) is 4.49. The van der Waals surface area contributed by atoms with E-state index in [1.54, 1.807) is 18.2 Å². The Hall–Kier alpha value is -1.44. The van der Waals surface area contributed by atoms with Crippen LogP contribution in [0.25, 0.3) is 0 Å². The zero-order valence-corrected chi connectivity index (χ0v) is 11.2. The minimum Gasteiger partial charge on any atom is -0.435 e. The summed E-state index contributed by atoms with van der Waals surface area (Å²) in [5.41, 5.74) is 2.19. The molecular formula is C10H7BrClFN4O. The van der Waals surface area contributed by atoms with Crippen LogP contribution in [-0.2, 0) is 0 Å². The number of aromatic nitrogens is 2. The number of nitrogens with one attached hydrogen (secondary N) is 1. The lowest BCUT2D eigenvalue weighted by atomic mass is 10.3. The molecule has 2 rings (SSSR count). The molecule has 0 aliphatic heterocycles. The minimum absolute atomic E-state index is 0.0413. The van der Waals surface area contributed by atoms with E-state index in [1.807, 2.05) is 0 Å². The van der Waals surface area contributed by atoms with Crippen LogP contribution in [0.1, 0.15) is 0 Å². The summed E-state index contributed by atoms with van der Waals surface area (Å²) in [5, 5.41) is 0.324. The first kappa shape index (κ1) is 13.0. The quantitative estimate of drug-likeness (QED) is 0.667. The minimum atomic E-state index is -0.715. The highest BCUT2D eigenvalue weighted by molar-refractivity contribution is 9.10. The van der Waals surface area contributed by atoms with Crippen LogP contribution in [0.15, 0.2) is 28.9 Å². The summed E-state index contributed by atoms with van der Waals surface area (Å²) in [6, 6.07) is 4.92. The van der Waals surface area contributed by atoms with Crippen LogP contribution < -0.4 is 16.0 Å². The maximum atomic E-state index is 13.4. The van der Waals surface area contributed by atoms with Gasteiger partial charge in [0.2, 0.25) is 11.8 Å². The fourth-order valence-corrected chi connectivity index (χ4v) is 1.87. The Morgan fingerprint density at radius 3 is 2.89 bits per heavy atom. The lowest BCUT2D eigenvalue weighted by Gasteiger charge is -2.08. The molecule has 8 heteroatoms. The molecule has 3 N–H and O–H groups in total. The van der Waals surface area contributed by atoms with E-state index >= 15 is 0 Å². The van der Waals surface area contributed by atoms with Crippen molar-refractivity contribution in [1.29, 1.82) is 0 Å². The van der Waals surface area contributed by atoms with Gasteiger partial charge in [0.1, 0.15) is 5.75 Å². The lowest BCUT2D eigenvalue weighted by molar-refractivity contribution is 0.421. The van der Waals surface area contributed by atoms with Crippen LogP contribution in [0.2, 0.25) is 5.02 Å². The zero-order chi connectivity index (χ0) is 13.1. The fraction of sp³-hybridized carbons (Fsp3) is 0. The summed E-state index contributed by atoms with van der Waals surface area (Å²) >= 11 is 9.20. The van der Waals surface area contributed by atoms with E-state index in [-0.39, 0.29) is 17.6 Å². The van der Waals surface area contributed by atoms with Crippen molar-refractivity contribution in [3.05, 3.63) is 39.7 Å². The largest absolute Gasteiger partial charge is 0.435 e. The molecule has 94 valence electrons. The summed E-state index contributed by atoms with van der Waals surface area (Å²) in [7, 11) is 0. The second kappa shape index (κ2) is 5.47. The van der Waals surface area contributed by atoms with E-state index in [0.717, 1.165) is 10.7 Å². The van der Waals surface area contributed by atoms with Gasteiger partial charge in [0.05, 0.1) is 11.2 Å². The van der Waals surface area contributed by atoms with Crippen LogP contribution >= 0.6 is 27.5 Å². The number of rotatable bonds is 3. The van der Waals surface area contributed by atoms with Gasteiger partial charge in [-0.3, -0.25) is 5.43 Å². The highest BCUT2D eigenvalue weighted by Gasteiger charge is 2.11. The SMILES string of the molecule is NNc1ncc(F)c(Oc2ccc(Br)cc2Cl)n1. The molecule has 18 heavy (non-hydrogen) atoms. The third kappa shape index (κ3) is 2.87. The second-order valence-electron chi connectivity index (χ2n) is 3.17. The molecule has 5 nitrogen and oxygen atoms in total. The van der Waals surface area contributed by atoms with E-state index in [4.69, 9.17) is 22.2 Å². The molecule has 1 heterocycles. The van der Waals surface area contributed by atoms with Gasteiger partial charge < -0.3 is 4.74 Å². The zero-order valence-electron chi connectivity index (χ0n) is 8.82. The third-order valence-electron chi connectivity index (χ3n) is 1.94. The first-order chi connectivity index (χ1) is 8.60. The third-order valence-corrected chi connectivity index (χ3v) is 2.73. The number of nitrogen functional groups attached to an aromatic ring is 1. The molecule has 0 amide bonds. The van der Waals surface area contributed by atoms with Crippen molar-refractivity contribution in [1.82, 2.24) is 9.97 Å². The van der Waals surface area contributed by atoms with E-state index in [2.05, 4.69) is 31.3 Å². The molecule has 0 fully saturated rings. The van der Waals surface area contributed by atoms with E-state index in [0.29, 0.717) is 5.02 Å². The summed E-state index contributed by atoms with van der Waals surface area (Å²) in [4.78, 5) is 7.33. The van der Waals surface area contributed by atoms with Crippen molar-refractivity contribution in [2.75, 3.05) is 5.43 Å². The van der Waals surface area contributed by atoms with E-state index < -0.39 is 5.82 Å². The number of benzene rings is 1. The molecule has 0 bridgehead atoms. The van der Waals surface area contributed by atoms with Gasteiger partial charge >= 0.3 is 0 Å². The summed E-state index contributed by atoms with van der Waals surface area (Å²) in [5.74, 6) is 4.47. The van der Waals surface area contributed by atoms with Crippen molar-refractivity contribution < 1.29 is 9.13 Å². The first-order valence-electron chi connectivity index (χ1n) is 4.72. The normalized spacial score (nSPS) is 10.2. The highest BCUT2D eigenvalue weighted by Crippen LogP contribution is 2.31. The summed E-state index contributed by atoms with van der Waals surface area (Å²) in [6.07, 6.45) is 0.949. The van der Waals surface area contributed by atoms with Gasteiger partial charge in [-0.05, 0) is 18.2 Å². The Morgan fingerprint density at radius 1 is 1.44 bits per heavy atom. The fourth-order valence-electron chi connectivity index (χ4n) is 1.15. The van der Waals surface area contributed by atoms with Crippen molar-refractivity contribution in [2.45, 2.75) is 0 Å². The maximum Gasteiger partial charge on any atom is 0.260 e. The molecule has 0 unspecified atom stereocenters. The van der Waals surface area contributed by atoms with Crippen molar-refractivity contribution in [3.8, 4) is 11.6 Å². The molecule has 0 radical (unpaired) electrons. The van der Waals surface area contributed by atoms with Gasteiger partial charge in [0.25, 0.3) is 5.88 Å². The average molecular weight is 334 g/mol. The van der Waals surface area contributed by atoms with Crippen LogP contribution in [-0.4, -0.2) is 9.97 Å². The van der Waals surface area contributed by atoms with Crippen molar-refractivity contribution in [3.63, 3.8) is 0 Å². The summed E-state index contributed by atoms with van der Waals surface area (Å²) in [6.45, 7) is 0. The Bertz CT molecular complexity index is 584. The van der Waals surface area contributed by atoms with Gasteiger partial charge in [-0.15, -0.1) is 0 Å². The summed E-state index contributed by atoms with van der Waals surface area (Å²) < 4.78 is 19.5. The topological polar surface area (TPSA) is 73.1 Å². The molecule has 2 aromatic rings. The molecule has 0 aliphatic rings. The number of hydrazine groups is 1. The van der Waals surface area contributed by atoms with E-state index in [9.17, 15) is 4.39 Å². The van der Waals surface area contributed by atoms with Crippen LogP contribution in [0, 0.1) is 5.82 Å². The first-order valence-corrected chi connectivity index (χ1v) is 5.89. The molecule has 0 aliphatic carbocycles. The predicted molar refractivity (Wildman–Crippen MR) is 69.0 cm³/mol. The van der Waals surface area contributed by atoms with Gasteiger partial charge in [-0.25, -0.2) is 10.8 Å². The number of halogens is 3. The highest BCUT2D eigenvalue weighted by atomic mass is 79.9. The Kier molecular flexibility index (Phi) is 3.95. The number of anilines is 1. The van der Waals surface area contributed by atoms with Gasteiger partial charge in [0, 0.05) is 4.47 Å². The lowest BCUT2D eigenvalue weighted by Crippen LogP contribution is -2.11. The van der Waals surface area contributed by atoms with Crippen LogP contribution in [0.4, 0.5) is 10.3 Å². The Labute approximate surface area is 115 Å². The Morgan fingerprint density at radius 2 is 2.22 bits per heavy atom. The van der Waals surface area contributed by atoms with Crippen LogP contribution in [0.3, 0.4) is 0 Å². The van der Waals surface area contributed by atoms with Gasteiger partial charge in [0.15, 0.2) is 0 Å². The predicted octanol–water partition coefficient (Wildman–Crippen LogP) is 3.11. The molecule has 1 aromatic carbocycles. The molecule has 0 saturated carbocycles. The molecule has 0 atom stereocenters. The number of nitrogens with zero attached hydrogens (tertiary/aromatic N) is 2. The maximum absolute atomic E-state index is 13.4. The number of ether oxygens (including phenoxy) is 1. The molecule has 0 spiro atoms. The molecular weight excluding hydrogens is 326 g/mol. The number of hydrogen-bond donors (Lipinski definition) is 2. The molecule has 0 saturated heterocycles. The standard InChI is InChI=1S/C10H7BrClFN4O/c11-5-1-2-8(6(12)3-5)18-9-7(13)4-15-10(16-9)17-14/h1-4H,14H2,(H,15,16,17).